The zero-order valence-corrected chi connectivity index (χ0v) is 9.10. The van der Waals surface area contributed by atoms with E-state index in [1.54, 1.807) is 0 Å². The van der Waals surface area contributed by atoms with Crippen LogP contribution >= 0.6 is 0 Å². The van der Waals surface area contributed by atoms with E-state index in [2.05, 4.69) is 4.74 Å². The van der Waals surface area contributed by atoms with Gasteiger partial charge in [0, 0.05) is 0 Å². The van der Waals surface area contributed by atoms with Crippen LogP contribution < -0.4 is 4.74 Å². The summed E-state index contributed by atoms with van der Waals surface area (Å²) in [5, 5.41) is 0. The molecule has 0 atom stereocenters. The van der Waals surface area contributed by atoms with Crippen molar-refractivity contribution in [2.45, 2.75) is 18.2 Å². The zero-order chi connectivity index (χ0) is 12.4. The minimum Gasteiger partial charge on any atom is -0.404 e. The Bertz CT molecular complexity index is 465. The molecule has 0 aliphatic rings. The van der Waals surface area contributed by atoms with Crippen molar-refractivity contribution in [1.29, 1.82) is 0 Å². The van der Waals surface area contributed by atoms with E-state index < -0.39 is 26.8 Å². The summed E-state index contributed by atoms with van der Waals surface area (Å²) in [5.74, 6) is -0.984. The quantitative estimate of drug-likeness (QED) is 0.831. The Balaban J connectivity index is 3.22. The lowest BCUT2D eigenvalue weighted by atomic mass is 10.3. The first-order valence-electron chi connectivity index (χ1n) is 4.34. The average Bonchev–Trinajstić information content (AvgIpc) is 2.16. The minimum atomic E-state index is -4.90. The highest BCUT2D eigenvalue weighted by Crippen LogP contribution is 2.29. The van der Waals surface area contributed by atoms with Crippen LogP contribution in [0.3, 0.4) is 0 Å². The van der Waals surface area contributed by atoms with Crippen molar-refractivity contribution >= 4 is 9.84 Å². The van der Waals surface area contributed by atoms with E-state index in [0.29, 0.717) is 0 Å². The number of para-hydroxylation sites is 1. The van der Waals surface area contributed by atoms with Crippen LogP contribution in [-0.4, -0.2) is 20.5 Å². The Labute approximate surface area is 90.8 Å². The molecule has 0 bridgehead atoms. The lowest BCUT2D eigenvalue weighted by Gasteiger charge is -2.12. The molecular formula is C9H9F3O3S. The van der Waals surface area contributed by atoms with Gasteiger partial charge in [-0.3, -0.25) is 0 Å². The number of rotatable bonds is 3. The molecule has 0 saturated carbocycles. The molecule has 16 heavy (non-hydrogen) atoms. The number of benzene rings is 1. The van der Waals surface area contributed by atoms with Crippen LogP contribution in [0.1, 0.15) is 6.92 Å². The summed E-state index contributed by atoms with van der Waals surface area (Å²) in [6.45, 7) is 1.35. The molecule has 1 aromatic carbocycles. The van der Waals surface area contributed by atoms with Crippen LogP contribution in [0.15, 0.2) is 29.2 Å². The summed E-state index contributed by atoms with van der Waals surface area (Å²) in [7, 11) is -3.73. The Morgan fingerprint density at radius 1 is 1.25 bits per heavy atom. The zero-order valence-electron chi connectivity index (χ0n) is 8.28. The fraction of sp³-hybridized carbons (Fsp3) is 0.333. The van der Waals surface area contributed by atoms with E-state index in [1.165, 1.54) is 19.1 Å². The molecule has 0 aliphatic carbocycles. The summed E-state index contributed by atoms with van der Waals surface area (Å²) >= 11 is 0. The summed E-state index contributed by atoms with van der Waals surface area (Å²) in [5.41, 5.74) is 0. The van der Waals surface area contributed by atoms with Crippen LogP contribution in [-0.2, 0) is 9.84 Å². The molecule has 1 rings (SSSR count). The Hall–Kier alpha value is -1.24. The number of alkyl halides is 3. The van der Waals surface area contributed by atoms with Gasteiger partial charge in [-0.15, -0.1) is 13.2 Å². The molecule has 0 unspecified atom stereocenters. The first-order valence-corrected chi connectivity index (χ1v) is 5.99. The smallest absolute Gasteiger partial charge is 0.404 e. The van der Waals surface area contributed by atoms with Crippen LogP contribution in [0.2, 0.25) is 0 Å². The van der Waals surface area contributed by atoms with Gasteiger partial charge in [0.15, 0.2) is 9.84 Å². The Morgan fingerprint density at radius 2 is 1.81 bits per heavy atom. The number of halogens is 3. The van der Waals surface area contributed by atoms with Crippen molar-refractivity contribution in [3.05, 3.63) is 24.3 Å². The standard InChI is InChI=1S/C9H9F3O3S/c1-2-16(13,14)8-6-4-3-5-7(8)15-9(10,11)12/h3-6H,2H2,1H3. The van der Waals surface area contributed by atoms with Gasteiger partial charge in [-0.1, -0.05) is 19.1 Å². The van der Waals surface area contributed by atoms with E-state index in [-0.39, 0.29) is 5.75 Å². The van der Waals surface area contributed by atoms with Crippen LogP contribution in [0.4, 0.5) is 13.2 Å². The molecular weight excluding hydrogens is 245 g/mol. The molecule has 3 nitrogen and oxygen atoms in total. The summed E-state index contributed by atoms with van der Waals surface area (Å²) in [4.78, 5) is -0.449. The molecule has 7 heteroatoms. The fourth-order valence-corrected chi connectivity index (χ4v) is 2.08. The van der Waals surface area contributed by atoms with Gasteiger partial charge >= 0.3 is 6.36 Å². The molecule has 0 amide bonds. The van der Waals surface area contributed by atoms with Gasteiger partial charge < -0.3 is 4.74 Å². The minimum absolute atomic E-state index is 0.286. The highest BCUT2D eigenvalue weighted by atomic mass is 32.2. The number of hydrogen-bond donors (Lipinski definition) is 0. The van der Waals surface area contributed by atoms with Crippen LogP contribution in [0, 0.1) is 0 Å². The summed E-state index contributed by atoms with van der Waals surface area (Å²) in [6, 6.07) is 4.66. The predicted octanol–water partition coefficient (Wildman–Crippen LogP) is 2.38. The van der Waals surface area contributed by atoms with Gasteiger partial charge in [0.25, 0.3) is 0 Å². The van der Waals surface area contributed by atoms with E-state index in [9.17, 15) is 21.6 Å². The SMILES string of the molecule is CCS(=O)(=O)c1ccccc1OC(F)(F)F. The lowest BCUT2D eigenvalue weighted by molar-refractivity contribution is -0.275. The Morgan fingerprint density at radius 3 is 2.31 bits per heavy atom. The topological polar surface area (TPSA) is 43.4 Å². The van der Waals surface area contributed by atoms with Crippen molar-refractivity contribution in [2.24, 2.45) is 0 Å². The van der Waals surface area contributed by atoms with Crippen molar-refractivity contribution in [3.8, 4) is 5.75 Å². The molecule has 0 aliphatic heterocycles. The van der Waals surface area contributed by atoms with E-state index >= 15 is 0 Å². The first kappa shape index (κ1) is 12.8. The van der Waals surface area contributed by atoms with Crippen molar-refractivity contribution < 1.29 is 26.3 Å². The van der Waals surface area contributed by atoms with Crippen LogP contribution in [0.5, 0.6) is 5.75 Å². The third kappa shape index (κ3) is 3.13. The van der Waals surface area contributed by atoms with E-state index in [0.717, 1.165) is 12.1 Å². The molecule has 0 heterocycles. The maximum atomic E-state index is 12.0. The largest absolute Gasteiger partial charge is 0.573 e. The predicted molar refractivity (Wildman–Crippen MR) is 50.9 cm³/mol. The average molecular weight is 254 g/mol. The van der Waals surface area contributed by atoms with Gasteiger partial charge in [0.05, 0.1) is 5.75 Å². The number of hydrogen-bond acceptors (Lipinski definition) is 3. The van der Waals surface area contributed by atoms with Gasteiger partial charge in [-0.05, 0) is 12.1 Å². The van der Waals surface area contributed by atoms with E-state index in [1.807, 2.05) is 0 Å². The van der Waals surface area contributed by atoms with Crippen molar-refractivity contribution in [1.82, 2.24) is 0 Å². The van der Waals surface area contributed by atoms with Gasteiger partial charge in [0.1, 0.15) is 10.6 Å². The highest BCUT2D eigenvalue weighted by molar-refractivity contribution is 7.91. The van der Waals surface area contributed by atoms with Gasteiger partial charge in [-0.25, -0.2) is 8.42 Å². The van der Waals surface area contributed by atoms with Gasteiger partial charge in [-0.2, -0.15) is 0 Å². The maximum Gasteiger partial charge on any atom is 0.573 e. The molecule has 90 valence electrons. The van der Waals surface area contributed by atoms with Gasteiger partial charge in [0.2, 0.25) is 0 Å². The third-order valence-electron chi connectivity index (χ3n) is 1.79. The molecule has 0 aromatic heterocycles. The number of sulfone groups is 1. The van der Waals surface area contributed by atoms with Crippen molar-refractivity contribution in [2.75, 3.05) is 5.75 Å². The molecule has 0 spiro atoms. The third-order valence-corrected chi connectivity index (χ3v) is 3.56. The lowest BCUT2D eigenvalue weighted by Crippen LogP contribution is -2.19. The second kappa shape index (κ2) is 4.32. The highest BCUT2D eigenvalue weighted by Gasteiger charge is 2.33. The summed E-state index contributed by atoms with van der Waals surface area (Å²) < 4.78 is 62.6. The molecule has 0 N–H and O–H groups in total. The molecule has 1 aromatic rings. The summed E-state index contributed by atoms with van der Waals surface area (Å²) in [6.07, 6.45) is -4.90. The van der Waals surface area contributed by atoms with Crippen LogP contribution in [0.25, 0.3) is 0 Å². The molecule has 0 saturated heterocycles. The molecule has 0 radical (unpaired) electrons. The Kier molecular flexibility index (Phi) is 3.47. The second-order valence-corrected chi connectivity index (χ2v) is 5.14. The maximum absolute atomic E-state index is 12.0. The van der Waals surface area contributed by atoms with E-state index in [4.69, 9.17) is 0 Å². The fourth-order valence-electron chi connectivity index (χ4n) is 1.07. The first-order chi connectivity index (χ1) is 7.26. The number of ether oxygens (including phenoxy) is 1. The second-order valence-electron chi connectivity index (χ2n) is 2.90. The normalized spacial score (nSPS) is 12.5. The van der Waals surface area contributed by atoms with Crippen molar-refractivity contribution in [3.63, 3.8) is 0 Å². The molecule has 0 fully saturated rings. The monoisotopic (exact) mass is 254 g/mol.